The molecule has 0 radical (unpaired) electrons. The van der Waals surface area contributed by atoms with Gasteiger partial charge in [0.25, 0.3) is 0 Å². The number of hydrogen-bond donors (Lipinski definition) is 2. The maximum Gasteiger partial charge on any atom is 0.234 e. The molecule has 0 saturated heterocycles. The number of amides is 1. The second kappa shape index (κ2) is 7.86. The second-order valence-electron chi connectivity index (χ2n) is 4.85. The number of nitrogens with one attached hydrogen (secondary N) is 1. The van der Waals surface area contributed by atoms with Gasteiger partial charge in [-0.15, -0.1) is 11.8 Å². The number of rotatable bonds is 6. The SMILES string of the molecule is Cc1cccc(CSCC(=O)Nc2ccccc2CO)c1. The van der Waals surface area contributed by atoms with Crippen molar-refractivity contribution in [1.29, 1.82) is 0 Å². The molecule has 2 N–H and O–H groups in total. The molecule has 0 aliphatic heterocycles. The third-order valence-electron chi connectivity index (χ3n) is 3.05. The van der Waals surface area contributed by atoms with Crippen molar-refractivity contribution in [2.24, 2.45) is 0 Å². The highest BCUT2D eigenvalue weighted by molar-refractivity contribution is 7.99. The molecule has 0 fully saturated rings. The minimum atomic E-state index is -0.0765. The molecule has 2 aromatic rings. The van der Waals surface area contributed by atoms with Gasteiger partial charge in [0.05, 0.1) is 12.4 Å². The molecule has 1 amide bonds. The van der Waals surface area contributed by atoms with Crippen molar-refractivity contribution in [3.8, 4) is 0 Å². The fourth-order valence-corrected chi connectivity index (χ4v) is 2.80. The number of para-hydroxylation sites is 1. The standard InChI is InChI=1S/C17H19NO2S/c1-13-5-4-6-14(9-13)11-21-12-17(20)18-16-8-3-2-7-15(16)10-19/h2-9,19H,10-12H2,1H3,(H,18,20). The highest BCUT2D eigenvalue weighted by atomic mass is 32.2. The number of aliphatic hydroxyl groups is 1. The van der Waals surface area contributed by atoms with Crippen LogP contribution in [0.4, 0.5) is 5.69 Å². The summed E-state index contributed by atoms with van der Waals surface area (Å²) in [5.41, 5.74) is 3.87. The van der Waals surface area contributed by atoms with Crippen LogP contribution in [0, 0.1) is 6.92 Å². The van der Waals surface area contributed by atoms with E-state index in [1.54, 1.807) is 23.9 Å². The number of hydrogen-bond acceptors (Lipinski definition) is 3. The molecule has 4 heteroatoms. The zero-order valence-electron chi connectivity index (χ0n) is 12.0. The Kier molecular flexibility index (Phi) is 5.84. The van der Waals surface area contributed by atoms with Gasteiger partial charge in [0, 0.05) is 17.0 Å². The summed E-state index contributed by atoms with van der Waals surface area (Å²) in [6, 6.07) is 15.6. The molecule has 2 rings (SSSR count). The van der Waals surface area contributed by atoms with E-state index < -0.39 is 0 Å². The van der Waals surface area contributed by atoms with Crippen molar-refractivity contribution < 1.29 is 9.90 Å². The molecule has 21 heavy (non-hydrogen) atoms. The fourth-order valence-electron chi connectivity index (χ4n) is 2.03. The minimum absolute atomic E-state index is 0.0476. The van der Waals surface area contributed by atoms with Crippen molar-refractivity contribution in [2.75, 3.05) is 11.1 Å². The Labute approximate surface area is 129 Å². The second-order valence-corrected chi connectivity index (χ2v) is 5.83. The highest BCUT2D eigenvalue weighted by Gasteiger charge is 2.06. The van der Waals surface area contributed by atoms with Crippen LogP contribution in [0.3, 0.4) is 0 Å². The third-order valence-corrected chi connectivity index (χ3v) is 4.05. The topological polar surface area (TPSA) is 49.3 Å². The maximum absolute atomic E-state index is 11.9. The van der Waals surface area contributed by atoms with E-state index in [4.69, 9.17) is 0 Å². The number of benzene rings is 2. The van der Waals surface area contributed by atoms with E-state index in [2.05, 4.69) is 30.4 Å². The zero-order chi connectivity index (χ0) is 15.1. The lowest BCUT2D eigenvalue weighted by Crippen LogP contribution is -2.15. The van der Waals surface area contributed by atoms with E-state index in [9.17, 15) is 9.90 Å². The van der Waals surface area contributed by atoms with Gasteiger partial charge < -0.3 is 10.4 Å². The van der Waals surface area contributed by atoms with Crippen LogP contribution in [0.2, 0.25) is 0 Å². The summed E-state index contributed by atoms with van der Waals surface area (Å²) >= 11 is 1.58. The maximum atomic E-state index is 11.9. The molecule has 0 unspecified atom stereocenters. The Bertz CT molecular complexity index is 613. The van der Waals surface area contributed by atoms with Gasteiger partial charge in [-0.2, -0.15) is 0 Å². The van der Waals surface area contributed by atoms with Crippen LogP contribution >= 0.6 is 11.8 Å². The first kappa shape index (κ1) is 15.6. The van der Waals surface area contributed by atoms with Crippen molar-refractivity contribution >= 4 is 23.4 Å². The number of carbonyl (C=O) groups is 1. The molecule has 110 valence electrons. The monoisotopic (exact) mass is 301 g/mol. The van der Waals surface area contributed by atoms with Crippen molar-refractivity contribution in [3.63, 3.8) is 0 Å². The molecule has 2 aromatic carbocycles. The average molecular weight is 301 g/mol. The Morgan fingerprint density at radius 1 is 1.19 bits per heavy atom. The molecular weight excluding hydrogens is 282 g/mol. The Morgan fingerprint density at radius 3 is 2.76 bits per heavy atom. The molecule has 3 nitrogen and oxygen atoms in total. The third kappa shape index (κ3) is 4.92. The van der Waals surface area contributed by atoms with Crippen LogP contribution < -0.4 is 5.32 Å². The number of aryl methyl sites for hydroxylation is 1. The first-order valence-corrected chi connectivity index (χ1v) is 7.96. The van der Waals surface area contributed by atoms with Gasteiger partial charge in [0.1, 0.15) is 0 Å². The number of thioether (sulfide) groups is 1. The van der Waals surface area contributed by atoms with Crippen LogP contribution in [0.25, 0.3) is 0 Å². The summed E-state index contributed by atoms with van der Waals surface area (Å²) in [6.07, 6.45) is 0. The van der Waals surface area contributed by atoms with E-state index in [0.717, 1.165) is 11.3 Å². The quantitative estimate of drug-likeness (QED) is 0.860. The van der Waals surface area contributed by atoms with Crippen LogP contribution in [0.1, 0.15) is 16.7 Å². The normalized spacial score (nSPS) is 10.4. The van der Waals surface area contributed by atoms with Gasteiger partial charge >= 0.3 is 0 Å². The van der Waals surface area contributed by atoms with Gasteiger partial charge in [-0.25, -0.2) is 0 Å². The fraction of sp³-hybridized carbons (Fsp3) is 0.235. The van der Waals surface area contributed by atoms with E-state index in [-0.39, 0.29) is 12.5 Å². The lowest BCUT2D eigenvalue weighted by molar-refractivity contribution is -0.113. The van der Waals surface area contributed by atoms with E-state index in [0.29, 0.717) is 11.4 Å². The Hall–Kier alpha value is -1.78. The average Bonchev–Trinajstić information content (AvgIpc) is 2.48. The van der Waals surface area contributed by atoms with Crippen LogP contribution in [-0.2, 0) is 17.2 Å². The summed E-state index contributed by atoms with van der Waals surface area (Å²) in [4.78, 5) is 11.9. The van der Waals surface area contributed by atoms with Gasteiger partial charge in [-0.1, -0.05) is 48.0 Å². The van der Waals surface area contributed by atoms with Crippen molar-refractivity contribution in [3.05, 3.63) is 65.2 Å². The molecule has 0 heterocycles. The number of aliphatic hydroxyl groups excluding tert-OH is 1. The summed E-state index contributed by atoms with van der Waals surface area (Å²) in [5, 5.41) is 12.1. The Morgan fingerprint density at radius 2 is 2.00 bits per heavy atom. The van der Waals surface area contributed by atoms with Gasteiger partial charge in [-0.05, 0) is 18.6 Å². The molecule has 0 atom stereocenters. The molecular formula is C17H19NO2S. The molecule has 0 aliphatic rings. The smallest absolute Gasteiger partial charge is 0.234 e. The highest BCUT2D eigenvalue weighted by Crippen LogP contribution is 2.17. The minimum Gasteiger partial charge on any atom is -0.392 e. The predicted molar refractivity (Wildman–Crippen MR) is 88.3 cm³/mol. The van der Waals surface area contributed by atoms with Gasteiger partial charge in [-0.3, -0.25) is 4.79 Å². The molecule has 0 bridgehead atoms. The van der Waals surface area contributed by atoms with Crippen molar-refractivity contribution in [2.45, 2.75) is 19.3 Å². The summed E-state index contributed by atoms with van der Waals surface area (Å²) in [5.74, 6) is 1.17. The summed E-state index contributed by atoms with van der Waals surface area (Å²) in [7, 11) is 0. The summed E-state index contributed by atoms with van der Waals surface area (Å²) in [6.45, 7) is 1.99. The lowest BCUT2D eigenvalue weighted by atomic mass is 10.2. The van der Waals surface area contributed by atoms with E-state index in [1.807, 2.05) is 18.2 Å². The summed E-state index contributed by atoms with van der Waals surface area (Å²) < 4.78 is 0. The molecule has 0 aromatic heterocycles. The predicted octanol–water partition coefficient (Wildman–Crippen LogP) is 3.36. The van der Waals surface area contributed by atoms with Crippen molar-refractivity contribution in [1.82, 2.24) is 0 Å². The van der Waals surface area contributed by atoms with E-state index >= 15 is 0 Å². The molecule has 0 spiro atoms. The van der Waals surface area contributed by atoms with Crippen LogP contribution in [0.15, 0.2) is 48.5 Å². The van der Waals surface area contributed by atoms with Gasteiger partial charge in [0.15, 0.2) is 0 Å². The molecule has 0 saturated carbocycles. The molecule has 0 aliphatic carbocycles. The number of anilines is 1. The first-order chi connectivity index (χ1) is 10.2. The lowest BCUT2D eigenvalue weighted by Gasteiger charge is -2.09. The zero-order valence-corrected chi connectivity index (χ0v) is 12.8. The Balaban J connectivity index is 1.82. The van der Waals surface area contributed by atoms with Crippen LogP contribution in [-0.4, -0.2) is 16.8 Å². The first-order valence-electron chi connectivity index (χ1n) is 6.81. The van der Waals surface area contributed by atoms with E-state index in [1.165, 1.54) is 11.1 Å². The largest absolute Gasteiger partial charge is 0.392 e. The van der Waals surface area contributed by atoms with Crippen LogP contribution in [0.5, 0.6) is 0 Å². The van der Waals surface area contributed by atoms with Gasteiger partial charge in [0.2, 0.25) is 5.91 Å². The number of carbonyl (C=O) groups excluding carboxylic acids is 1.